The monoisotopic (exact) mass is 460 g/mol. The van der Waals surface area contributed by atoms with Crippen LogP contribution in [-0.4, -0.2) is 18.1 Å². The van der Waals surface area contributed by atoms with Crippen LogP contribution in [0.1, 0.15) is 27.9 Å². The van der Waals surface area contributed by atoms with Crippen LogP contribution < -0.4 is 5.32 Å². The topological polar surface area (TPSA) is 24.9 Å². The van der Waals surface area contributed by atoms with Gasteiger partial charge in [-0.1, -0.05) is 48.0 Å². The summed E-state index contributed by atoms with van der Waals surface area (Å²) in [5.74, 6) is 0.559. The molecule has 0 aliphatic carbocycles. The van der Waals surface area contributed by atoms with Crippen molar-refractivity contribution in [1.82, 2.24) is 10.3 Å². The number of hydrogen-bond acceptors (Lipinski definition) is 3. The first kappa shape index (κ1) is 22.8. The molecule has 2 heterocycles. The van der Waals surface area contributed by atoms with E-state index in [1.54, 1.807) is 23.9 Å². The molecule has 0 bridgehead atoms. The Bertz CT molecular complexity index is 1000. The first-order chi connectivity index (χ1) is 14.2. The van der Waals surface area contributed by atoms with Gasteiger partial charge in [-0.3, -0.25) is 4.98 Å². The van der Waals surface area contributed by atoms with Gasteiger partial charge in [-0.05, 0) is 72.5 Å². The van der Waals surface area contributed by atoms with E-state index in [4.69, 9.17) is 11.6 Å². The van der Waals surface area contributed by atoms with Gasteiger partial charge in [0.25, 0.3) is 0 Å². The summed E-state index contributed by atoms with van der Waals surface area (Å²) in [5, 5.41) is 4.29. The van der Waals surface area contributed by atoms with Gasteiger partial charge in [-0.15, -0.1) is 24.2 Å². The third kappa shape index (κ3) is 5.86. The molecule has 0 radical (unpaired) electrons. The second kappa shape index (κ2) is 11.0. The van der Waals surface area contributed by atoms with Crippen molar-refractivity contribution in [2.45, 2.75) is 23.5 Å². The van der Waals surface area contributed by atoms with Gasteiger partial charge < -0.3 is 5.32 Å². The SMILES string of the molecule is Cl.Fc1ccc(C=Cc2ccc(CSc3c(Cl)ccc4c3CCNCC4)nc2)cc1. The summed E-state index contributed by atoms with van der Waals surface area (Å²) < 4.78 is 13.0. The van der Waals surface area contributed by atoms with Gasteiger partial charge in [-0.25, -0.2) is 4.39 Å². The van der Waals surface area contributed by atoms with E-state index in [1.807, 2.05) is 24.4 Å². The van der Waals surface area contributed by atoms with Crippen LogP contribution in [0.2, 0.25) is 5.02 Å². The molecule has 0 fully saturated rings. The van der Waals surface area contributed by atoms with Crippen molar-refractivity contribution in [3.05, 3.63) is 93.5 Å². The number of benzene rings is 2. The third-order valence-electron chi connectivity index (χ3n) is 4.98. The average Bonchev–Trinajstić information content (AvgIpc) is 2.99. The lowest BCUT2D eigenvalue weighted by Gasteiger charge is -2.13. The van der Waals surface area contributed by atoms with Crippen LogP contribution in [0, 0.1) is 5.82 Å². The van der Waals surface area contributed by atoms with Gasteiger partial charge in [0.2, 0.25) is 0 Å². The van der Waals surface area contributed by atoms with Gasteiger partial charge >= 0.3 is 0 Å². The average molecular weight is 461 g/mol. The van der Waals surface area contributed by atoms with Gasteiger partial charge in [0, 0.05) is 16.8 Å². The van der Waals surface area contributed by atoms with Crippen molar-refractivity contribution in [1.29, 1.82) is 0 Å². The summed E-state index contributed by atoms with van der Waals surface area (Å²) in [6, 6.07) is 14.7. The van der Waals surface area contributed by atoms with E-state index in [1.165, 1.54) is 28.2 Å². The molecule has 0 atom stereocenters. The smallest absolute Gasteiger partial charge is 0.123 e. The zero-order valence-electron chi connectivity index (χ0n) is 16.4. The van der Waals surface area contributed by atoms with E-state index < -0.39 is 0 Å². The van der Waals surface area contributed by atoms with E-state index >= 15 is 0 Å². The molecule has 1 aliphatic rings. The number of fused-ring (bicyclic) bond motifs is 1. The second-order valence-electron chi connectivity index (χ2n) is 7.02. The van der Waals surface area contributed by atoms with Crippen LogP contribution in [-0.2, 0) is 18.6 Å². The number of thioether (sulfide) groups is 1. The fraction of sp³-hybridized carbons (Fsp3) is 0.208. The first-order valence-electron chi connectivity index (χ1n) is 9.71. The number of pyridine rings is 1. The normalized spacial score (nSPS) is 13.5. The molecule has 0 unspecified atom stereocenters. The van der Waals surface area contributed by atoms with E-state index in [-0.39, 0.29) is 18.2 Å². The predicted molar refractivity (Wildman–Crippen MR) is 128 cm³/mol. The highest BCUT2D eigenvalue weighted by Crippen LogP contribution is 2.35. The van der Waals surface area contributed by atoms with Crippen molar-refractivity contribution < 1.29 is 4.39 Å². The summed E-state index contributed by atoms with van der Waals surface area (Å²) >= 11 is 8.29. The Morgan fingerprint density at radius 2 is 1.70 bits per heavy atom. The fourth-order valence-corrected chi connectivity index (χ4v) is 4.82. The molecule has 2 nitrogen and oxygen atoms in total. The highest BCUT2D eigenvalue weighted by atomic mass is 35.5. The minimum Gasteiger partial charge on any atom is -0.316 e. The van der Waals surface area contributed by atoms with Gasteiger partial charge in [-0.2, -0.15) is 0 Å². The van der Waals surface area contributed by atoms with E-state index in [9.17, 15) is 4.39 Å². The minimum atomic E-state index is -0.225. The molecular formula is C24H23Cl2FN2S. The molecule has 1 aromatic heterocycles. The largest absolute Gasteiger partial charge is 0.316 e. The van der Waals surface area contributed by atoms with Crippen molar-refractivity contribution in [2.75, 3.05) is 13.1 Å². The maximum atomic E-state index is 13.0. The quantitative estimate of drug-likeness (QED) is 0.442. The molecular weight excluding hydrogens is 438 g/mol. The highest BCUT2D eigenvalue weighted by Gasteiger charge is 2.15. The zero-order valence-corrected chi connectivity index (χ0v) is 18.8. The Kier molecular flexibility index (Phi) is 8.34. The molecule has 30 heavy (non-hydrogen) atoms. The molecule has 3 aromatic rings. The van der Waals surface area contributed by atoms with Crippen LogP contribution in [0.5, 0.6) is 0 Å². The number of nitrogens with one attached hydrogen (secondary N) is 1. The van der Waals surface area contributed by atoms with Crippen LogP contribution >= 0.6 is 35.8 Å². The number of rotatable bonds is 5. The Morgan fingerprint density at radius 3 is 2.47 bits per heavy atom. The lowest BCUT2D eigenvalue weighted by molar-refractivity contribution is 0.628. The maximum Gasteiger partial charge on any atom is 0.123 e. The van der Waals surface area contributed by atoms with Crippen molar-refractivity contribution >= 4 is 47.9 Å². The lowest BCUT2D eigenvalue weighted by Crippen LogP contribution is -2.16. The summed E-state index contributed by atoms with van der Waals surface area (Å²) in [6.07, 6.45) is 7.87. The predicted octanol–water partition coefficient (Wildman–Crippen LogP) is 6.45. The summed E-state index contributed by atoms with van der Waals surface area (Å²) in [6.45, 7) is 2.02. The molecule has 0 amide bonds. The molecule has 156 valence electrons. The summed E-state index contributed by atoms with van der Waals surface area (Å²) in [4.78, 5) is 5.78. The van der Waals surface area contributed by atoms with E-state index in [0.717, 1.165) is 53.5 Å². The van der Waals surface area contributed by atoms with E-state index in [2.05, 4.69) is 28.5 Å². The number of hydrogen-bond donors (Lipinski definition) is 1. The Morgan fingerprint density at radius 1 is 0.967 bits per heavy atom. The number of nitrogens with zero attached hydrogens (tertiary/aromatic N) is 1. The molecule has 6 heteroatoms. The van der Waals surface area contributed by atoms with Gasteiger partial charge in [0.15, 0.2) is 0 Å². The Labute approximate surface area is 192 Å². The molecule has 2 aromatic carbocycles. The van der Waals surface area contributed by atoms with Crippen molar-refractivity contribution in [3.8, 4) is 0 Å². The van der Waals surface area contributed by atoms with Crippen molar-refractivity contribution in [2.24, 2.45) is 0 Å². The molecule has 0 saturated heterocycles. The minimum absolute atomic E-state index is 0. The first-order valence-corrected chi connectivity index (χ1v) is 11.1. The molecule has 0 saturated carbocycles. The molecule has 0 spiro atoms. The Balaban J connectivity index is 0.00000256. The molecule has 1 aliphatic heterocycles. The maximum absolute atomic E-state index is 13.0. The summed E-state index contributed by atoms with van der Waals surface area (Å²) in [5.41, 5.74) is 5.78. The zero-order chi connectivity index (χ0) is 20.1. The van der Waals surface area contributed by atoms with Crippen molar-refractivity contribution in [3.63, 3.8) is 0 Å². The Hall–Kier alpha value is -1.85. The van der Waals surface area contributed by atoms with Gasteiger partial charge in [0.1, 0.15) is 5.82 Å². The number of aromatic nitrogens is 1. The van der Waals surface area contributed by atoms with Crippen LogP contribution in [0.25, 0.3) is 12.2 Å². The van der Waals surface area contributed by atoms with Crippen LogP contribution in [0.15, 0.2) is 59.6 Å². The standard InChI is InChI=1S/C24H22ClFN2S.ClH/c25-23-10-6-19-11-13-27-14-12-22(19)24(23)29-16-21-9-5-18(15-28-21)2-1-17-3-7-20(26)8-4-17;/h1-10,15,27H,11-14,16H2;1H. The van der Waals surface area contributed by atoms with Crippen LogP contribution in [0.3, 0.4) is 0 Å². The third-order valence-corrected chi connectivity index (χ3v) is 6.60. The summed E-state index contributed by atoms with van der Waals surface area (Å²) in [7, 11) is 0. The molecule has 4 rings (SSSR count). The number of halogens is 3. The van der Waals surface area contributed by atoms with E-state index in [0.29, 0.717) is 0 Å². The fourth-order valence-electron chi connectivity index (χ4n) is 3.40. The van der Waals surface area contributed by atoms with Gasteiger partial charge in [0.05, 0.1) is 10.7 Å². The highest BCUT2D eigenvalue weighted by molar-refractivity contribution is 7.98. The molecule has 1 N–H and O–H groups in total. The second-order valence-corrected chi connectivity index (χ2v) is 8.41. The van der Waals surface area contributed by atoms with Crippen LogP contribution in [0.4, 0.5) is 4.39 Å². The lowest BCUT2D eigenvalue weighted by atomic mass is 10.0.